The predicted molar refractivity (Wildman–Crippen MR) is 148 cm³/mol. The number of fused-ring (bicyclic) bond motifs is 1. The number of furan rings is 1. The molecule has 3 aliphatic carbocycles. The fourth-order valence-electron chi connectivity index (χ4n) is 5.96. The van der Waals surface area contributed by atoms with Crippen molar-refractivity contribution in [3.8, 4) is 22.5 Å². The van der Waals surface area contributed by atoms with E-state index in [2.05, 4.69) is 10.6 Å². The molecular formula is C32H32N2O4. The van der Waals surface area contributed by atoms with Gasteiger partial charge in [-0.25, -0.2) is 0 Å². The average molecular weight is 509 g/mol. The second-order valence-electron chi connectivity index (χ2n) is 10.9. The van der Waals surface area contributed by atoms with Crippen molar-refractivity contribution in [2.24, 2.45) is 5.92 Å². The highest BCUT2D eigenvalue weighted by molar-refractivity contribution is 6.12. The zero-order valence-electron chi connectivity index (χ0n) is 21.8. The van der Waals surface area contributed by atoms with E-state index in [1.54, 1.807) is 7.05 Å². The molecule has 1 heterocycles. The van der Waals surface area contributed by atoms with Crippen molar-refractivity contribution in [3.63, 3.8) is 0 Å². The number of hydrogen-bond donors (Lipinski definition) is 3. The Morgan fingerprint density at radius 3 is 2.42 bits per heavy atom. The smallest absolute Gasteiger partial charge is 0.255 e. The van der Waals surface area contributed by atoms with E-state index < -0.39 is 0 Å². The maximum absolute atomic E-state index is 13.1. The number of aliphatic hydroxyl groups excluding tert-OH is 1. The molecule has 6 nitrogen and oxygen atoms in total. The van der Waals surface area contributed by atoms with Gasteiger partial charge >= 0.3 is 0 Å². The van der Waals surface area contributed by atoms with Gasteiger partial charge in [0.15, 0.2) is 0 Å². The molecule has 1 aromatic heterocycles. The highest BCUT2D eigenvalue weighted by Crippen LogP contribution is 2.57. The summed E-state index contributed by atoms with van der Waals surface area (Å²) in [4.78, 5) is 26.2. The van der Waals surface area contributed by atoms with E-state index in [-0.39, 0.29) is 24.0 Å². The van der Waals surface area contributed by atoms with Gasteiger partial charge in [0.05, 0.1) is 5.56 Å². The van der Waals surface area contributed by atoms with Gasteiger partial charge in [-0.3, -0.25) is 9.59 Å². The standard InChI is InChI=1S/C32H32N2O4/c1-19-8-10-21(11-9-19)29-28(31(37)33-2)26-15-25(23(7-4-12-35)14-27(26)38-29)22-5-3-6-24(13-22)30(36)34-32-16-20(17-32)18-32/h3,5-6,8-11,13-15,20,35H,4,7,12,16-18H2,1-2H3,(H,33,37)(H,34,36). The van der Waals surface area contributed by atoms with Gasteiger partial charge in [0.1, 0.15) is 11.3 Å². The first-order valence-electron chi connectivity index (χ1n) is 13.3. The zero-order valence-corrected chi connectivity index (χ0v) is 21.8. The molecule has 3 fully saturated rings. The molecule has 3 saturated carbocycles. The summed E-state index contributed by atoms with van der Waals surface area (Å²) in [5.74, 6) is 1.05. The molecule has 0 atom stereocenters. The lowest BCUT2D eigenvalue weighted by atomic mass is 9.50. The average Bonchev–Trinajstić information content (AvgIpc) is 3.26. The third-order valence-electron chi connectivity index (χ3n) is 8.14. The predicted octanol–water partition coefficient (Wildman–Crippen LogP) is 5.64. The quantitative estimate of drug-likeness (QED) is 0.287. The van der Waals surface area contributed by atoms with Gasteiger partial charge in [-0.05, 0) is 85.9 Å². The minimum absolute atomic E-state index is 0.00847. The summed E-state index contributed by atoms with van der Waals surface area (Å²) in [6.07, 6.45) is 4.50. The van der Waals surface area contributed by atoms with E-state index in [1.807, 2.05) is 67.6 Å². The Hall–Kier alpha value is -3.90. The monoisotopic (exact) mass is 508 g/mol. The third kappa shape index (κ3) is 4.19. The molecule has 2 bridgehead atoms. The minimum atomic E-state index is -0.222. The van der Waals surface area contributed by atoms with E-state index in [9.17, 15) is 14.7 Å². The van der Waals surface area contributed by atoms with E-state index in [4.69, 9.17) is 4.42 Å². The van der Waals surface area contributed by atoms with Gasteiger partial charge in [0.25, 0.3) is 11.8 Å². The topological polar surface area (TPSA) is 91.6 Å². The Kier molecular flexibility index (Phi) is 6.07. The first-order valence-corrected chi connectivity index (χ1v) is 13.3. The molecule has 0 unspecified atom stereocenters. The summed E-state index contributed by atoms with van der Waals surface area (Å²) < 4.78 is 6.31. The molecule has 6 heteroatoms. The van der Waals surface area contributed by atoms with Gasteiger partial charge in [-0.2, -0.15) is 0 Å². The van der Waals surface area contributed by atoms with Crippen LogP contribution in [-0.4, -0.2) is 36.1 Å². The first-order chi connectivity index (χ1) is 18.4. The summed E-state index contributed by atoms with van der Waals surface area (Å²) in [6.45, 7) is 2.09. The number of benzene rings is 3. The molecule has 4 aromatic rings. The molecule has 0 saturated heterocycles. The molecule has 2 amide bonds. The molecule has 0 radical (unpaired) electrons. The van der Waals surface area contributed by atoms with E-state index in [0.29, 0.717) is 40.7 Å². The fourth-order valence-corrected chi connectivity index (χ4v) is 5.96. The van der Waals surface area contributed by atoms with Crippen LogP contribution in [0.1, 0.15) is 57.5 Å². The number of aryl methyl sites for hydroxylation is 2. The Labute approximate surface area is 222 Å². The summed E-state index contributed by atoms with van der Waals surface area (Å²) >= 11 is 0. The zero-order chi connectivity index (χ0) is 26.4. The highest BCUT2D eigenvalue weighted by atomic mass is 16.3. The molecule has 0 spiro atoms. The molecular weight excluding hydrogens is 476 g/mol. The molecule has 194 valence electrons. The normalized spacial score (nSPS) is 19.5. The molecule has 3 N–H and O–H groups in total. The Morgan fingerprint density at radius 2 is 1.76 bits per heavy atom. The van der Waals surface area contributed by atoms with Crippen LogP contribution in [0.2, 0.25) is 0 Å². The van der Waals surface area contributed by atoms with Crippen molar-refractivity contribution < 1.29 is 19.1 Å². The van der Waals surface area contributed by atoms with Crippen molar-refractivity contribution in [2.45, 2.75) is 44.6 Å². The largest absolute Gasteiger partial charge is 0.455 e. The SMILES string of the molecule is CNC(=O)c1c(-c2ccc(C)cc2)oc2cc(CCCO)c(-c3cccc(C(=O)NC45CC(C4)C5)c3)cc12. The summed E-state index contributed by atoms with van der Waals surface area (Å²) in [5.41, 5.74) is 6.50. The maximum Gasteiger partial charge on any atom is 0.255 e. The van der Waals surface area contributed by atoms with Crippen molar-refractivity contribution in [3.05, 3.63) is 82.9 Å². The summed E-state index contributed by atoms with van der Waals surface area (Å²) in [6, 6.07) is 19.5. The van der Waals surface area contributed by atoms with Crippen molar-refractivity contribution >= 4 is 22.8 Å². The number of nitrogens with one attached hydrogen (secondary N) is 2. The van der Waals surface area contributed by atoms with Crippen LogP contribution in [0.4, 0.5) is 0 Å². The molecule has 3 aromatic carbocycles. The molecule has 38 heavy (non-hydrogen) atoms. The highest BCUT2D eigenvalue weighted by Gasteiger charge is 2.57. The van der Waals surface area contributed by atoms with Gasteiger partial charge in [0.2, 0.25) is 0 Å². The lowest BCUT2D eigenvalue weighted by molar-refractivity contribution is -0.0438. The van der Waals surface area contributed by atoms with E-state index in [1.165, 1.54) is 0 Å². The number of carbonyl (C=O) groups excluding carboxylic acids is 2. The summed E-state index contributed by atoms with van der Waals surface area (Å²) in [5, 5.41) is 16.3. The van der Waals surface area contributed by atoms with Crippen molar-refractivity contribution in [2.75, 3.05) is 13.7 Å². The summed E-state index contributed by atoms with van der Waals surface area (Å²) in [7, 11) is 1.62. The number of amides is 2. The number of hydrogen-bond acceptors (Lipinski definition) is 4. The van der Waals surface area contributed by atoms with Crippen LogP contribution in [0, 0.1) is 12.8 Å². The van der Waals surface area contributed by atoms with E-state index >= 15 is 0 Å². The lowest BCUT2D eigenvalue weighted by Crippen LogP contribution is -2.68. The first kappa shape index (κ1) is 24.4. The van der Waals surface area contributed by atoms with E-state index in [0.717, 1.165) is 53.0 Å². The Bertz CT molecular complexity index is 1530. The Balaban J connectivity index is 1.46. The second kappa shape index (κ2) is 9.44. The van der Waals surface area contributed by atoms with Crippen molar-refractivity contribution in [1.82, 2.24) is 10.6 Å². The van der Waals surface area contributed by atoms with Crippen LogP contribution < -0.4 is 10.6 Å². The molecule has 0 aliphatic heterocycles. The lowest BCUT2D eigenvalue weighted by Gasteiger charge is -2.61. The van der Waals surface area contributed by atoms with Crippen LogP contribution >= 0.6 is 0 Å². The van der Waals surface area contributed by atoms with Crippen molar-refractivity contribution in [1.29, 1.82) is 0 Å². The van der Waals surface area contributed by atoms with Crippen LogP contribution in [0.15, 0.2) is 65.1 Å². The number of aliphatic hydroxyl groups is 1. The van der Waals surface area contributed by atoms with Gasteiger partial charge in [0, 0.05) is 35.7 Å². The second-order valence-corrected chi connectivity index (χ2v) is 10.9. The minimum Gasteiger partial charge on any atom is -0.455 e. The van der Waals surface area contributed by atoms with Crippen LogP contribution in [-0.2, 0) is 6.42 Å². The van der Waals surface area contributed by atoms with Gasteiger partial charge in [-0.1, -0.05) is 42.0 Å². The third-order valence-corrected chi connectivity index (χ3v) is 8.14. The van der Waals surface area contributed by atoms with Crippen LogP contribution in [0.5, 0.6) is 0 Å². The van der Waals surface area contributed by atoms with Crippen LogP contribution in [0.3, 0.4) is 0 Å². The molecule has 3 aliphatic rings. The molecule has 7 rings (SSSR count). The van der Waals surface area contributed by atoms with Gasteiger partial charge < -0.3 is 20.2 Å². The number of carbonyl (C=O) groups is 2. The van der Waals surface area contributed by atoms with Gasteiger partial charge in [-0.15, -0.1) is 0 Å². The fraction of sp³-hybridized carbons (Fsp3) is 0.312. The Morgan fingerprint density at radius 1 is 1.00 bits per heavy atom. The maximum atomic E-state index is 13.1. The number of rotatable bonds is 8. The van der Waals surface area contributed by atoms with Crippen LogP contribution in [0.25, 0.3) is 33.4 Å².